The van der Waals surface area contributed by atoms with Gasteiger partial charge in [-0.05, 0) is 18.6 Å². The molecule has 4 nitrogen and oxygen atoms in total. The summed E-state index contributed by atoms with van der Waals surface area (Å²) < 4.78 is 61.3. The Morgan fingerprint density at radius 2 is 2.00 bits per heavy atom. The average molecular weight is 318 g/mol. The van der Waals surface area contributed by atoms with E-state index in [9.17, 15) is 21.6 Å². The lowest BCUT2D eigenvalue weighted by Gasteiger charge is -2.13. The van der Waals surface area contributed by atoms with Crippen molar-refractivity contribution in [3.8, 4) is 0 Å². The van der Waals surface area contributed by atoms with Crippen LogP contribution in [0.2, 0.25) is 5.15 Å². The lowest BCUT2D eigenvalue weighted by molar-refractivity contribution is -0.141. The second-order valence-corrected chi connectivity index (χ2v) is 6.54. The highest BCUT2D eigenvalue weighted by Crippen LogP contribution is 2.32. The third-order valence-corrected chi connectivity index (χ3v) is 4.04. The fourth-order valence-corrected chi connectivity index (χ4v) is 3.20. The summed E-state index contributed by atoms with van der Waals surface area (Å²) in [6, 6.07) is 2.06. The summed E-state index contributed by atoms with van der Waals surface area (Å²) in [4.78, 5) is 3.12. The molecule has 1 aromatic rings. The van der Waals surface area contributed by atoms with Crippen LogP contribution in [-0.2, 0) is 21.8 Å². The van der Waals surface area contributed by atoms with Crippen LogP contribution in [0.25, 0.3) is 0 Å². The molecule has 9 heteroatoms. The van der Waals surface area contributed by atoms with Gasteiger partial charge in [0.15, 0.2) is 9.84 Å². The van der Waals surface area contributed by atoms with E-state index < -0.39 is 44.9 Å². The zero-order chi connectivity index (χ0) is 14.8. The first kappa shape index (κ1) is 16.2. The predicted molar refractivity (Wildman–Crippen MR) is 63.4 cm³/mol. The molecule has 0 aliphatic rings. The standard InChI is InChI=1S/C10H11ClF3NO3S/c1-6(16)4-19(17,18)5-7-2-3-8(11)15-9(7)10(12,13)14/h2-3,6,16H,4-5H2,1H3/t6-/m1/s1. The Morgan fingerprint density at radius 1 is 1.42 bits per heavy atom. The van der Waals surface area contributed by atoms with Crippen LogP contribution < -0.4 is 0 Å². The molecule has 0 aliphatic heterocycles. The van der Waals surface area contributed by atoms with Gasteiger partial charge in [0.25, 0.3) is 0 Å². The maximum atomic E-state index is 12.7. The molecule has 1 rings (SSSR count). The smallest absolute Gasteiger partial charge is 0.392 e. The molecule has 0 saturated carbocycles. The van der Waals surface area contributed by atoms with Gasteiger partial charge in [-0.1, -0.05) is 17.7 Å². The van der Waals surface area contributed by atoms with Crippen LogP contribution in [0.1, 0.15) is 18.2 Å². The number of aliphatic hydroxyl groups is 1. The van der Waals surface area contributed by atoms with Gasteiger partial charge in [0.1, 0.15) is 10.8 Å². The molecular weight excluding hydrogens is 307 g/mol. The van der Waals surface area contributed by atoms with Gasteiger partial charge in [0, 0.05) is 0 Å². The number of aromatic nitrogens is 1. The minimum absolute atomic E-state index is 0.371. The number of aliphatic hydroxyl groups excluding tert-OH is 1. The molecule has 0 amide bonds. The molecule has 19 heavy (non-hydrogen) atoms. The molecule has 0 bridgehead atoms. The number of pyridine rings is 1. The molecule has 0 aromatic carbocycles. The molecule has 1 heterocycles. The zero-order valence-electron chi connectivity index (χ0n) is 9.78. The Hall–Kier alpha value is -0.860. The summed E-state index contributed by atoms with van der Waals surface area (Å²) >= 11 is 5.38. The van der Waals surface area contributed by atoms with Crippen LogP contribution in [0.5, 0.6) is 0 Å². The number of hydrogen-bond donors (Lipinski definition) is 1. The van der Waals surface area contributed by atoms with Crippen LogP contribution in [0, 0.1) is 0 Å². The van der Waals surface area contributed by atoms with Crippen LogP contribution in [-0.4, -0.2) is 30.4 Å². The van der Waals surface area contributed by atoms with Crippen LogP contribution in [0.4, 0.5) is 13.2 Å². The van der Waals surface area contributed by atoms with Crippen LogP contribution >= 0.6 is 11.6 Å². The lowest BCUT2D eigenvalue weighted by Crippen LogP contribution is -2.21. The van der Waals surface area contributed by atoms with Gasteiger partial charge in [-0.15, -0.1) is 0 Å². The van der Waals surface area contributed by atoms with E-state index in [2.05, 4.69) is 4.98 Å². The van der Waals surface area contributed by atoms with Crippen molar-refractivity contribution < 1.29 is 26.7 Å². The van der Waals surface area contributed by atoms with Crippen LogP contribution in [0.15, 0.2) is 12.1 Å². The third kappa shape index (κ3) is 4.96. The van der Waals surface area contributed by atoms with Gasteiger partial charge < -0.3 is 5.11 Å². The van der Waals surface area contributed by atoms with Crippen molar-refractivity contribution in [1.29, 1.82) is 0 Å². The normalized spacial score (nSPS) is 14.4. The van der Waals surface area contributed by atoms with Crippen LogP contribution in [0.3, 0.4) is 0 Å². The topological polar surface area (TPSA) is 67.3 Å². The van der Waals surface area contributed by atoms with Crippen molar-refractivity contribution in [3.63, 3.8) is 0 Å². The molecule has 0 radical (unpaired) electrons. The Kier molecular flexibility index (Phi) is 4.81. The Balaban J connectivity index is 3.15. The molecule has 1 aromatic heterocycles. The number of hydrogen-bond acceptors (Lipinski definition) is 4. The van der Waals surface area contributed by atoms with E-state index in [4.69, 9.17) is 16.7 Å². The van der Waals surface area contributed by atoms with Gasteiger partial charge in [-0.2, -0.15) is 13.2 Å². The summed E-state index contributed by atoms with van der Waals surface area (Å²) in [6.45, 7) is 1.24. The van der Waals surface area contributed by atoms with E-state index >= 15 is 0 Å². The van der Waals surface area contributed by atoms with E-state index in [0.29, 0.717) is 0 Å². The monoisotopic (exact) mass is 317 g/mol. The van der Waals surface area contributed by atoms with Gasteiger partial charge in [-0.3, -0.25) is 0 Å². The number of nitrogens with zero attached hydrogens (tertiary/aromatic N) is 1. The molecule has 1 N–H and O–H groups in total. The van der Waals surface area contributed by atoms with Gasteiger partial charge >= 0.3 is 6.18 Å². The first-order chi connectivity index (χ1) is 8.51. The van der Waals surface area contributed by atoms with Crippen molar-refractivity contribution >= 4 is 21.4 Å². The predicted octanol–water partition coefficient (Wildman–Crippen LogP) is 2.05. The van der Waals surface area contributed by atoms with E-state index in [1.807, 2.05) is 0 Å². The number of rotatable bonds is 4. The molecule has 0 fully saturated rings. The van der Waals surface area contributed by atoms with Crippen molar-refractivity contribution in [2.24, 2.45) is 0 Å². The maximum Gasteiger partial charge on any atom is 0.433 e. The minimum atomic E-state index is -4.79. The molecule has 1 atom stereocenters. The lowest BCUT2D eigenvalue weighted by atomic mass is 10.2. The van der Waals surface area contributed by atoms with Gasteiger partial charge in [-0.25, -0.2) is 13.4 Å². The van der Waals surface area contributed by atoms with Crippen molar-refractivity contribution in [2.75, 3.05) is 5.75 Å². The minimum Gasteiger partial charge on any atom is -0.392 e. The van der Waals surface area contributed by atoms with Crippen molar-refractivity contribution in [1.82, 2.24) is 4.98 Å². The second kappa shape index (κ2) is 5.64. The van der Waals surface area contributed by atoms with E-state index in [0.717, 1.165) is 12.1 Å². The molecular formula is C10H11ClF3NO3S. The SMILES string of the molecule is C[C@@H](O)CS(=O)(=O)Cc1ccc(Cl)nc1C(F)(F)F. The van der Waals surface area contributed by atoms with Gasteiger partial charge in [0.2, 0.25) is 0 Å². The Bertz CT molecular complexity index is 558. The second-order valence-electron chi connectivity index (χ2n) is 4.04. The quantitative estimate of drug-likeness (QED) is 0.863. The Morgan fingerprint density at radius 3 is 2.47 bits per heavy atom. The highest BCUT2D eigenvalue weighted by Gasteiger charge is 2.36. The zero-order valence-corrected chi connectivity index (χ0v) is 11.3. The molecule has 108 valence electrons. The molecule has 0 unspecified atom stereocenters. The first-order valence-electron chi connectivity index (χ1n) is 5.12. The fraction of sp³-hybridized carbons (Fsp3) is 0.500. The summed E-state index contributed by atoms with van der Waals surface area (Å²) in [5, 5.41) is 8.63. The number of sulfone groups is 1. The summed E-state index contributed by atoms with van der Waals surface area (Å²) in [7, 11) is -3.86. The maximum absolute atomic E-state index is 12.7. The van der Waals surface area contributed by atoms with E-state index in [1.54, 1.807) is 0 Å². The third-order valence-electron chi connectivity index (χ3n) is 2.08. The summed E-state index contributed by atoms with van der Waals surface area (Å²) in [5.74, 6) is -1.47. The average Bonchev–Trinajstić information content (AvgIpc) is 2.16. The van der Waals surface area contributed by atoms with Gasteiger partial charge in [0.05, 0.1) is 17.6 Å². The summed E-state index contributed by atoms with van der Waals surface area (Å²) in [5.41, 5.74) is -1.81. The first-order valence-corrected chi connectivity index (χ1v) is 7.32. The number of alkyl halides is 3. The highest BCUT2D eigenvalue weighted by atomic mass is 35.5. The molecule has 0 saturated heterocycles. The Labute approximate surface area is 113 Å². The van der Waals surface area contributed by atoms with E-state index in [-0.39, 0.29) is 5.15 Å². The molecule has 0 aliphatic carbocycles. The fourth-order valence-electron chi connectivity index (χ4n) is 1.49. The van der Waals surface area contributed by atoms with E-state index in [1.165, 1.54) is 6.92 Å². The molecule has 0 spiro atoms. The number of halogens is 4. The van der Waals surface area contributed by atoms with Crippen molar-refractivity contribution in [2.45, 2.75) is 25.0 Å². The largest absolute Gasteiger partial charge is 0.433 e. The highest BCUT2D eigenvalue weighted by molar-refractivity contribution is 7.90. The van der Waals surface area contributed by atoms with Crippen molar-refractivity contribution in [3.05, 3.63) is 28.5 Å². The summed E-state index contributed by atoms with van der Waals surface area (Å²) in [6.07, 6.45) is -5.94.